The molecular formula is C24H49N2NaO3. The molecule has 0 saturated carbocycles. The van der Waals surface area contributed by atoms with Gasteiger partial charge in [-0.15, -0.1) is 0 Å². The predicted octanol–water partition coefficient (Wildman–Crippen LogP) is 2.89. The van der Waals surface area contributed by atoms with Crippen LogP contribution in [0.15, 0.2) is 0 Å². The zero-order chi connectivity index (χ0) is 21.6. The van der Waals surface area contributed by atoms with Crippen molar-refractivity contribution in [2.45, 2.75) is 135 Å². The Morgan fingerprint density at radius 3 is 1.60 bits per heavy atom. The Labute approximate surface area is 209 Å². The summed E-state index contributed by atoms with van der Waals surface area (Å²) < 4.78 is 4.83. The Balaban J connectivity index is -0.00000392. The molecule has 0 bridgehead atoms. The smallest absolute Gasteiger partial charge is 1.00 e. The molecule has 0 aliphatic carbocycles. The van der Waals surface area contributed by atoms with E-state index in [0.29, 0.717) is 19.4 Å². The van der Waals surface area contributed by atoms with E-state index in [1.807, 2.05) is 0 Å². The molecule has 174 valence electrons. The summed E-state index contributed by atoms with van der Waals surface area (Å²) >= 11 is 0. The molecule has 0 heterocycles. The molecule has 5 nitrogen and oxygen atoms in total. The van der Waals surface area contributed by atoms with E-state index in [1.54, 1.807) is 0 Å². The number of unbranched alkanes of at least 4 members (excludes halogenated alkanes) is 15. The van der Waals surface area contributed by atoms with Crippen molar-refractivity contribution >= 4 is 11.9 Å². The minimum absolute atomic E-state index is 0. The maximum Gasteiger partial charge on any atom is 1.00 e. The Bertz CT molecular complexity index is 401. The number of rotatable bonds is 21. The summed E-state index contributed by atoms with van der Waals surface area (Å²) in [5.41, 5.74) is 11.1. The van der Waals surface area contributed by atoms with Crippen molar-refractivity contribution in [3.63, 3.8) is 0 Å². The molecule has 0 spiro atoms. The van der Waals surface area contributed by atoms with Gasteiger partial charge in [0.15, 0.2) is 0 Å². The average molecular weight is 437 g/mol. The average Bonchev–Trinajstić information content (AvgIpc) is 2.70. The van der Waals surface area contributed by atoms with Crippen molar-refractivity contribution in [1.29, 1.82) is 0 Å². The molecule has 0 aromatic heterocycles. The van der Waals surface area contributed by atoms with Gasteiger partial charge in [-0.2, -0.15) is 0 Å². The van der Waals surface area contributed by atoms with Gasteiger partial charge in [0.05, 0.1) is 0 Å². The van der Waals surface area contributed by atoms with Crippen molar-refractivity contribution in [2.24, 2.45) is 11.5 Å². The van der Waals surface area contributed by atoms with E-state index in [4.69, 9.17) is 16.2 Å². The van der Waals surface area contributed by atoms with Gasteiger partial charge in [0, 0.05) is 6.42 Å². The molecule has 6 heteroatoms. The zero-order valence-corrected chi connectivity index (χ0v) is 22.1. The van der Waals surface area contributed by atoms with Crippen LogP contribution < -0.4 is 41.0 Å². The first kappa shape index (κ1) is 32.2. The SMILES string of the molecule is CCCCCCCCCCCCCCCCCC(=O)OC(=O)C(N)CCCCN.[H-].[Na+]. The summed E-state index contributed by atoms with van der Waals surface area (Å²) in [5.74, 6) is -1.05. The summed E-state index contributed by atoms with van der Waals surface area (Å²) in [5, 5.41) is 0. The third-order valence-corrected chi connectivity index (χ3v) is 5.47. The molecule has 0 aromatic carbocycles. The van der Waals surface area contributed by atoms with Crippen LogP contribution in [0.1, 0.15) is 130 Å². The molecule has 0 rings (SSSR count). The second-order valence-electron chi connectivity index (χ2n) is 8.38. The van der Waals surface area contributed by atoms with Crippen molar-refractivity contribution in [3.05, 3.63) is 0 Å². The number of nitrogens with two attached hydrogens (primary N) is 2. The molecule has 0 aromatic rings. The summed E-state index contributed by atoms with van der Waals surface area (Å²) in [6.07, 6.45) is 21.7. The van der Waals surface area contributed by atoms with Crippen LogP contribution in [0.3, 0.4) is 0 Å². The maximum atomic E-state index is 11.7. The Morgan fingerprint density at radius 2 is 1.17 bits per heavy atom. The van der Waals surface area contributed by atoms with E-state index < -0.39 is 18.0 Å². The van der Waals surface area contributed by atoms with Crippen LogP contribution in [-0.4, -0.2) is 24.5 Å². The van der Waals surface area contributed by atoms with Gasteiger partial charge in [0.2, 0.25) is 0 Å². The van der Waals surface area contributed by atoms with Crippen LogP contribution in [0.25, 0.3) is 0 Å². The number of hydrogen-bond acceptors (Lipinski definition) is 5. The van der Waals surface area contributed by atoms with Gasteiger partial charge in [-0.1, -0.05) is 103 Å². The molecule has 30 heavy (non-hydrogen) atoms. The van der Waals surface area contributed by atoms with Crippen LogP contribution in [0, 0.1) is 0 Å². The van der Waals surface area contributed by atoms with Crippen LogP contribution in [0.5, 0.6) is 0 Å². The monoisotopic (exact) mass is 436 g/mol. The zero-order valence-electron chi connectivity index (χ0n) is 21.1. The fraction of sp³-hybridized carbons (Fsp3) is 0.917. The summed E-state index contributed by atoms with van der Waals surface area (Å²) in [6.45, 7) is 2.85. The van der Waals surface area contributed by atoms with Gasteiger partial charge in [0.25, 0.3) is 0 Å². The molecule has 1 atom stereocenters. The minimum Gasteiger partial charge on any atom is -1.00 e. The Kier molecular flexibility index (Phi) is 27.2. The van der Waals surface area contributed by atoms with Crippen molar-refractivity contribution < 1.29 is 45.3 Å². The molecule has 0 aliphatic rings. The van der Waals surface area contributed by atoms with Crippen LogP contribution in [0.2, 0.25) is 0 Å². The summed E-state index contributed by atoms with van der Waals surface area (Å²) in [4.78, 5) is 23.4. The van der Waals surface area contributed by atoms with E-state index in [0.717, 1.165) is 32.1 Å². The largest absolute Gasteiger partial charge is 1.00 e. The standard InChI is InChI=1S/C24H48N2O3.Na.H/c1-2-3-4-5-6-7-8-9-10-11-12-13-14-15-16-20-23(27)29-24(28)22(26)19-17-18-21-25;;/h22H,2-21,25-26H2,1H3;;/q;+1;-1. The van der Waals surface area contributed by atoms with Gasteiger partial charge in [0.1, 0.15) is 6.04 Å². The fourth-order valence-electron chi connectivity index (χ4n) is 3.51. The van der Waals surface area contributed by atoms with Gasteiger partial charge in [-0.05, 0) is 25.8 Å². The Morgan fingerprint density at radius 1 is 0.733 bits per heavy atom. The molecule has 0 amide bonds. The summed E-state index contributed by atoms with van der Waals surface area (Å²) in [7, 11) is 0. The minimum atomic E-state index is -0.716. The van der Waals surface area contributed by atoms with Gasteiger partial charge in [-0.25, -0.2) is 4.79 Å². The third kappa shape index (κ3) is 22.7. The van der Waals surface area contributed by atoms with Crippen molar-refractivity contribution in [3.8, 4) is 0 Å². The van der Waals surface area contributed by atoms with Gasteiger partial charge < -0.3 is 17.6 Å². The molecule has 0 saturated heterocycles. The van der Waals surface area contributed by atoms with E-state index in [2.05, 4.69) is 6.92 Å². The quantitative estimate of drug-likeness (QED) is 0.125. The van der Waals surface area contributed by atoms with E-state index in [9.17, 15) is 9.59 Å². The van der Waals surface area contributed by atoms with Crippen LogP contribution >= 0.6 is 0 Å². The van der Waals surface area contributed by atoms with Crippen LogP contribution in [-0.2, 0) is 14.3 Å². The Hall–Kier alpha value is 0.0600. The third-order valence-electron chi connectivity index (χ3n) is 5.47. The van der Waals surface area contributed by atoms with Crippen molar-refractivity contribution in [2.75, 3.05) is 6.54 Å². The number of esters is 2. The van der Waals surface area contributed by atoms with Gasteiger partial charge in [-0.3, -0.25) is 4.79 Å². The predicted molar refractivity (Wildman–Crippen MR) is 123 cm³/mol. The number of carbonyl (C=O) groups is 2. The molecule has 0 radical (unpaired) electrons. The summed E-state index contributed by atoms with van der Waals surface area (Å²) in [6, 6.07) is -0.716. The molecule has 0 fully saturated rings. The number of hydrogen-bond donors (Lipinski definition) is 2. The first-order chi connectivity index (χ1) is 14.1. The molecule has 4 N–H and O–H groups in total. The number of carbonyl (C=O) groups excluding carboxylic acids is 2. The fourth-order valence-corrected chi connectivity index (χ4v) is 3.51. The maximum absolute atomic E-state index is 11.7. The van der Waals surface area contributed by atoms with Crippen LogP contribution in [0.4, 0.5) is 0 Å². The second kappa shape index (κ2) is 25.3. The van der Waals surface area contributed by atoms with Gasteiger partial charge >= 0.3 is 41.5 Å². The van der Waals surface area contributed by atoms with Crippen molar-refractivity contribution in [1.82, 2.24) is 0 Å². The molecular weight excluding hydrogens is 387 g/mol. The molecule has 1 unspecified atom stereocenters. The van der Waals surface area contributed by atoms with E-state index in [1.165, 1.54) is 77.0 Å². The topological polar surface area (TPSA) is 95.4 Å². The molecule has 0 aliphatic heterocycles. The first-order valence-corrected chi connectivity index (χ1v) is 12.3. The first-order valence-electron chi connectivity index (χ1n) is 12.3. The number of ether oxygens (including phenoxy) is 1. The normalized spacial score (nSPS) is 11.7. The van der Waals surface area contributed by atoms with E-state index in [-0.39, 0.29) is 31.0 Å². The second-order valence-corrected chi connectivity index (χ2v) is 8.38. The van der Waals surface area contributed by atoms with E-state index >= 15 is 0 Å².